The van der Waals surface area contributed by atoms with Crippen molar-refractivity contribution in [1.82, 2.24) is 0 Å². The van der Waals surface area contributed by atoms with E-state index >= 15 is 0 Å². The van der Waals surface area contributed by atoms with Crippen LogP contribution in [0, 0.1) is 0 Å². The third kappa shape index (κ3) is 2.70. The number of amides is 1. The second kappa shape index (κ2) is 5.84. The molecule has 0 aliphatic rings. The molecule has 4 N–H and O–H groups in total. The van der Waals surface area contributed by atoms with Crippen LogP contribution < -0.4 is 16.4 Å². The number of para-hydroxylation sites is 1. The summed E-state index contributed by atoms with van der Waals surface area (Å²) in [5.74, 6) is -0.552. The molecule has 2 aromatic rings. The molecule has 0 unspecified atom stereocenters. The molecule has 0 bridgehead atoms. The first kappa shape index (κ1) is 14.2. The van der Waals surface area contributed by atoms with Gasteiger partial charge in [-0.3, -0.25) is 4.79 Å². The largest absolute Gasteiger partial charge is 0.399 e. The molecule has 0 saturated carbocycles. The lowest BCUT2D eigenvalue weighted by atomic mass is 10.1. The number of hydrogen-bond donors (Lipinski definition) is 2. The van der Waals surface area contributed by atoms with E-state index in [4.69, 9.17) is 23.1 Å². The van der Waals surface area contributed by atoms with Gasteiger partial charge in [-0.05, 0) is 31.2 Å². The Hall–Kier alpha value is -2.20. The molecule has 0 heterocycles. The van der Waals surface area contributed by atoms with Gasteiger partial charge in [0.15, 0.2) is 0 Å². The molecule has 0 aromatic heterocycles. The number of nitrogens with two attached hydrogens (primary N) is 2. The highest BCUT2D eigenvalue weighted by Crippen LogP contribution is 2.36. The van der Waals surface area contributed by atoms with E-state index in [0.29, 0.717) is 28.5 Å². The molecule has 20 heavy (non-hydrogen) atoms. The summed E-state index contributed by atoms with van der Waals surface area (Å²) >= 11 is 6.27. The molecule has 0 atom stereocenters. The molecule has 0 spiro atoms. The number of primary amides is 1. The number of anilines is 3. The number of carbonyl (C=O) groups is 1. The van der Waals surface area contributed by atoms with Crippen molar-refractivity contribution in [2.75, 3.05) is 17.2 Å². The van der Waals surface area contributed by atoms with Crippen molar-refractivity contribution >= 4 is 34.6 Å². The molecule has 0 aliphatic carbocycles. The van der Waals surface area contributed by atoms with E-state index in [-0.39, 0.29) is 0 Å². The summed E-state index contributed by atoms with van der Waals surface area (Å²) in [4.78, 5) is 13.6. The lowest BCUT2D eigenvalue weighted by Crippen LogP contribution is -2.22. The molecular weight excluding hydrogens is 274 g/mol. The number of benzene rings is 2. The van der Waals surface area contributed by atoms with Crippen molar-refractivity contribution in [3.63, 3.8) is 0 Å². The fourth-order valence-electron chi connectivity index (χ4n) is 2.16. The summed E-state index contributed by atoms with van der Waals surface area (Å²) in [5, 5.41) is 0.407. The van der Waals surface area contributed by atoms with Crippen LogP contribution in [0.25, 0.3) is 0 Å². The first-order chi connectivity index (χ1) is 9.54. The number of rotatable bonds is 4. The normalized spacial score (nSPS) is 10.3. The maximum atomic E-state index is 11.7. The van der Waals surface area contributed by atoms with Gasteiger partial charge >= 0.3 is 0 Å². The van der Waals surface area contributed by atoms with Gasteiger partial charge < -0.3 is 16.4 Å². The van der Waals surface area contributed by atoms with Gasteiger partial charge in [0.25, 0.3) is 5.91 Å². The van der Waals surface area contributed by atoms with Crippen molar-refractivity contribution in [2.24, 2.45) is 5.73 Å². The molecule has 1 amide bonds. The van der Waals surface area contributed by atoms with Gasteiger partial charge in [-0.25, -0.2) is 0 Å². The highest BCUT2D eigenvalue weighted by molar-refractivity contribution is 6.34. The van der Waals surface area contributed by atoms with Crippen LogP contribution in [0.15, 0.2) is 42.5 Å². The predicted molar refractivity (Wildman–Crippen MR) is 83.5 cm³/mol. The average Bonchev–Trinajstić information content (AvgIpc) is 2.42. The molecule has 0 aliphatic heterocycles. The highest BCUT2D eigenvalue weighted by Gasteiger charge is 2.19. The summed E-state index contributed by atoms with van der Waals surface area (Å²) in [6, 6.07) is 12.8. The maximum absolute atomic E-state index is 11.7. The van der Waals surface area contributed by atoms with Gasteiger partial charge in [0.1, 0.15) is 0 Å². The van der Waals surface area contributed by atoms with Gasteiger partial charge in [-0.15, -0.1) is 0 Å². The zero-order valence-electron chi connectivity index (χ0n) is 11.1. The minimum atomic E-state index is -0.552. The van der Waals surface area contributed by atoms with Crippen LogP contribution in [0.1, 0.15) is 17.3 Å². The maximum Gasteiger partial charge on any atom is 0.250 e. The minimum absolute atomic E-state index is 0.320. The zero-order valence-corrected chi connectivity index (χ0v) is 11.9. The second-order valence-electron chi connectivity index (χ2n) is 4.34. The Morgan fingerprint density at radius 1 is 1.25 bits per heavy atom. The monoisotopic (exact) mass is 289 g/mol. The van der Waals surface area contributed by atoms with E-state index in [1.807, 2.05) is 42.2 Å². The summed E-state index contributed by atoms with van der Waals surface area (Å²) < 4.78 is 0. The third-order valence-electron chi connectivity index (χ3n) is 3.01. The Morgan fingerprint density at radius 2 is 1.90 bits per heavy atom. The van der Waals surface area contributed by atoms with Crippen molar-refractivity contribution in [2.45, 2.75) is 6.92 Å². The van der Waals surface area contributed by atoms with Crippen LogP contribution >= 0.6 is 11.6 Å². The SMILES string of the molecule is CCN(c1ccccc1)c1c(Cl)cc(N)cc1C(N)=O. The quantitative estimate of drug-likeness (QED) is 0.849. The van der Waals surface area contributed by atoms with E-state index in [0.717, 1.165) is 5.69 Å². The number of carbonyl (C=O) groups excluding carboxylic acids is 1. The summed E-state index contributed by atoms with van der Waals surface area (Å²) in [5.41, 5.74) is 13.4. The molecule has 104 valence electrons. The van der Waals surface area contributed by atoms with Gasteiger partial charge in [0.05, 0.1) is 16.3 Å². The van der Waals surface area contributed by atoms with Crippen molar-refractivity contribution < 1.29 is 4.79 Å². The fraction of sp³-hybridized carbons (Fsp3) is 0.133. The Kier molecular flexibility index (Phi) is 4.15. The van der Waals surface area contributed by atoms with E-state index in [1.165, 1.54) is 0 Å². The van der Waals surface area contributed by atoms with Crippen LogP contribution in [0.4, 0.5) is 17.1 Å². The molecule has 2 aromatic carbocycles. The van der Waals surface area contributed by atoms with Gasteiger partial charge in [-0.2, -0.15) is 0 Å². The first-order valence-corrected chi connectivity index (χ1v) is 6.63. The Bertz CT molecular complexity index is 629. The lowest BCUT2D eigenvalue weighted by molar-refractivity contribution is 0.100. The fourth-order valence-corrected chi connectivity index (χ4v) is 2.49. The Balaban J connectivity index is 2.63. The predicted octanol–water partition coefficient (Wildman–Crippen LogP) is 3.18. The second-order valence-corrected chi connectivity index (χ2v) is 4.75. The van der Waals surface area contributed by atoms with Crippen molar-refractivity contribution in [3.05, 3.63) is 53.1 Å². The summed E-state index contributed by atoms with van der Waals surface area (Å²) in [6.45, 7) is 2.62. The van der Waals surface area contributed by atoms with E-state index < -0.39 is 5.91 Å². The molecule has 0 saturated heterocycles. The number of hydrogen-bond acceptors (Lipinski definition) is 3. The highest BCUT2D eigenvalue weighted by atomic mass is 35.5. The Morgan fingerprint density at radius 3 is 2.45 bits per heavy atom. The zero-order chi connectivity index (χ0) is 14.7. The molecular formula is C15H16ClN3O. The van der Waals surface area contributed by atoms with Crippen LogP contribution in [0.3, 0.4) is 0 Å². The first-order valence-electron chi connectivity index (χ1n) is 6.26. The van der Waals surface area contributed by atoms with E-state index in [2.05, 4.69) is 0 Å². The van der Waals surface area contributed by atoms with Crippen LogP contribution in [-0.2, 0) is 0 Å². The average molecular weight is 290 g/mol. The lowest BCUT2D eigenvalue weighted by Gasteiger charge is -2.26. The van der Waals surface area contributed by atoms with Gasteiger partial charge in [0.2, 0.25) is 0 Å². The molecule has 5 heteroatoms. The Labute approximate surface area is 122 Å². The molecule has 2 rings (SSSR count). The van der Waals surface area contributed by atoms with Crippen LogP contribution in [0.5, 0.6) is 0 Å². The summed E-state index contributed by atoms with van der Waals surface area (Å²) in [7, 11) is 0. The van der Waals surface area contributed by atoms with Crippen LogP contribution in [0.2, 0.25) is 5.02 Å². The third-order valence-corrected chi connectivity index (χ3v) is 3.29. The van der Waals surface area contributed by atoms with E-state index in [9.17, 15) is 4.79 Å². The minimum Gasteiger partial charge on any atom is -0.399 e. The van der Waals surface area contributed by atoms with Crippen molar-refractivity contribution in [1.29, 1.82) is 0 Å². The van der Waals surface area contributed by atoms with Gasteiger partial charge in [-0.1, -0.05) is 29.8 Å². The molecule has 0 radical (unpaired) electrons. The van der Waals surface area contributed by atoms with Crippen molar-refractivity contribution in [3.8, 4) is 0 Å². The molecule has 0 fully saturated rings. The molecule has 4 nitrogen and oxygen atoms in total. The smallest absolute Gasteiger partial charge is 0.250 e. The summed E-state index contributed by atoms with van der Waals surface area (Å²) in [6.07, 6.45) is 0. The number of halogens is 1. The standard InChI is InChI=1S/C15H16ClN3O/c1-2-19(11-6-4-3-5-7-11)14-12(15(18)20)8-10(17)9-13(14)16/h3-9H,2,17H2,1H3,(H2,18,20). The van der Waals surface area contributed by atoms with Crippen LogP contribution in [-0.4, -0.2) is 12.5 Å². The number of nitrogen functional groups attached to an aromatic ring is 1. The van der Waals surface area contributed by atoms with Gasteiger partial charge in [0, 0.05) is 17.9 Å². The number of nitrogens with zero attached hydrogens (tertiary/aromatic N) is 1. The van der Waals surface area contributed by atoms with E-state index in [1.54, 1.807) is 12.1 Å². The topological polar surface area (TPSA) is 72.3 Å².